The zero-order valence-electron chi connectivity index (χ0n) is 7.35. The average molecular weight is 218 g/mol. The van der Waals surface area contributed by atoms with Gasteiger partial charge in [0.1, 0.15) is 10.6 Å². The van der Waals surface area contributed by atoms with Crippen molar-refractivity contribution in [2.45, 2.75) is 4.90 Å². The average Bonchev–Trinajstić information content (AvgIpc) is 2.07. The maximum absolute atomic E-state index is 10.8. The largest absolute Gasteiger partial charge is 0.506 e. The van der Waals surface area contributed by atoms with Crippen LogP contribution in [-0.4, -0.2) is 25.1 Å². The van der Waals surface area contributed by atoms with E-state index >= 15 is 0 Å². The van der Waals surface area contributed by atoms with Crippen molar-refractivity contribution in [1.29, 1.82) is 0 Å². The molecule has 0 radical (unpaired) electrons. The fourth-order valence-electron chi connectivity index (χ4n) is 0.970. The Hall–Kier alpha value is -1.47. The highest BCUT2D eigenvalue weighted by Gasteiger charge is 2.17. The highest BCUT2D eigenvalue weighted by molar-refractivity contribution is 7.86. The van der Waals surface area contributed by atoms with Gasteiger partial charge in [-0.05, 0) is 6.07 Å². The lowest BCUT2D eigenvalue weighted by Gasteiger charge is -2.07. The molecule has 0 aliphatic rings. The summed E-state index contributed by atoms with van der Waals surface area (Å²) in [5, 5.41) is 11.9. The summed E-state index contributed by atoms with van der Waals surface area (Å²) < 4.78 is 30.4. The Morgan fingerprint density at radius 1 is 1.43 bits per heavy atom. The molecule has 0 spiro atoms. The molecule has 5 N–H and O–H groups in total. The number of benzene rings is 1. The van der Waals surface area contributed by atoms with E-state index in [1.165, 1.54) is 6.07 Å². The van der Waals surface area contributed by atoms with E-state index in [4.69, 9.17) is 10.3 Å². The number of rotatable bonds is 2. The number of phenolic OH excluding ortho intramolecular Hbond substituents is 1. The van der Waals surface area contributed by atoms with Gasteiger partial charge in [0.25, 0.3) is 10.1 Å². The third-order valence-electron chi connectivity index (χ3n) is 1.69. The van der Waals surface area contributed by atoms with E-state index in [0.717, 1.165) is 6.07 Å². The van der Waals surface area contributed by atoms with Gasteiger partial charge in [-0.3, -0.25) is 4.55 Å². The van der Waals surface area contributed by atoms with E-state index in [2.05, 4.69) is 5.32 Å². The van der Waals surface area contributed by atoms with E-state index < -0.39 is 20.8 Å². The minimum absolute atomic E-state index is 0.337. The van der Waals surface area contributed by atoms with Gasteiger partial charge >= 0.3 is 0 Å². The van der Waals surface area contributed by atoms with E-state index in [0.29, 0.717) is 5.69 Å². The van der Waals surface area contributed by atoms with Crippen molar-refractivity contribution in [3.05, 3.63) is 12.1 Å². The molecule has 0 saturated carbocycles. The van der Waals surface area contributed by atoms with Gasteiger partial charge in [-0.2, -0.15) is 8.42 Å². The predicted molar refractivity (Wildman–Crippen MR) is 51.9 cm³/mol. The summed E-state index contributed by atoms with van der Waals surface area (Å²) in [7, 11) is -2.87. The van der Waals surface area contributed by atoms with Gasteiger partial charge in [-0.15, -0.1) is 0 Å². The monoisotopic (exact) mass is 218 g/mol. The van der Waals surface area contributed by atoms with Crippen molar-refractivity contribution in [2.24, 2.45) is 0 Å². The lowest BCUT2D eigenvalue weighted by Crippen LogP contribution is -2.04. The number of phenols is 1. The number of aromatic hydroxyl groups is 1. The van der Waals surface area contributed by atoms with Gasteiger partial charge in [0.2, 0.25) is 0 Å². The van der Waals surface area contributed by atoms with Crippen molar-refractivity contribution in [3.63, 3.8) is 0 Å². The van der Waals surface area contributed by atoms with Crippen LogP contribution in [0, 0.1) is 0 Å². The molecule has 0 amide bonds. The van der Waals surface area contributed by atoms with Crippen molar-refractivity contribution in [1.82, 2.24) is 0 Å². The zero-order chi connectivity index (χ0) is 10.9. The fourth-order valence-corrected chi connectivity index (χ4v) is 1.63. The van der Waals surface area contributed by atoms with Crippen LogP contribution in [0.25, 0.3) is 0 Å². The molecule has 1 aromatic carbocycles. The SMILES string of the molecule is CNc1cc(O)c(N)c(S(=O)(=O)O)c1. The van der Waals surface area contributed by atoms with E-state index in [1.807, 2.05) is 0 Å². The van der Waals surface area contributed by atoms with Gasteiger partial charge in [0.05, 0.1) is 5.69 Å². The molecule has 0 atom stereocenters. The summed E-state index contributed by atoms with van der Waals surface area (Å²) in [4.78, 5) is -0.512. The summed E-state index contributed by atoms with van der Waals surface area (Å²) in [5.41, 5.74) is 5.24. The Labute approximate surface area is 81.1 Å². The van der Waals surface area contributed by atoms with Crippen LogP contribution in [0.2, 0.25) is 0 Å². The summed E-state index contributed by atoms with van der Waals surface area (Å²) in [6.45, 7) is 0. The van der Waals surface area contributed by atoms with Crippen molar-refractivity contribution >= 4 is 21.5 Å². The van der Waals surface area contributed by atoms with Crippen LogP contribution in [0.1, 0.15) is 0 Å². The molecule has 0 heterocycles. The number of hydrogen-bond acceptors (Lipinski definition) is 5. The Balaban J connectivity index is 3.51. The fraction of sp³-hybridized carbons (Fsp3) is 0.143. The highest BCUT2D eigenvalue weighted by atomic mass is 32.2. The second kappa shape index (κ2) is 3.35. The smallest absolute Gasteiger partial charge is 0.296 e. The number of hydrogen-bond donors (Lipinski definition) is 4. The first-order valence-electron chi connectivity index (χ1n) is 3.64. The lowest BCUT2D eigenvalue weighted by atomic mass is 10.2. The normalized spacial score (nSPS) is 11.3. The van der Waals surface area contributed by atoms with Crippen molar-refractivity contribution in [3.8, 4) is 5.75 Å². The van der Waals surface area contributed by atoms with Crippen LogP contribution in [0.15, 0.2) is 17.0 Å². The van der Waals surface area contributed by atoms with Gasteiger partial charge in [0.15, 0.2) is 0 Å². The molecule has 0 aliphatic heterocycles. The minimum atomic E-state index is -4.41. The van der Waals surface area contributed by atoms with Gasteiger partial charge in [-0.1, -0.05) is 0 Å². The van der Waals surface area contributed by atoms with Gasteiger partial charge in [-0.25, -0.2) is 0 Å². The summed E-state index contributed by atoms with van der Waals surface area (Å²) in [6, 6.07) is 2.38. The van der Waals surface area contributed by atoms with E-state index in [1.54, 1.807) is 7.05 Å². The highest BCUT2D eigenvalue weighted by Crippen LogP contribution is 2.31. The molecule has 7 heteroatoms. The molecule has 0 fully saturated rings. The van der Waals surface area contributed by atoms with Crippen LogP contribution in [0.4, 0.5) is 11.4 Å². The topological polar surface area (TPSA) is 113 Å². The number of nitrogens with one attached hydrogen (secondary N) is 1. The first-order chi connectivity index (χ1) is 6.36. The van der Waals surface area contributed by atoms with Crippen LogP contribution >= 0.6 is 0 Å². The standard InChI is InChI=1S/C7H10N2O4S/c1-9-4-2-5(10)7(8)6(3-4)14(11,12)13/h2-3,9-10H,8H2,1H3,(H,11,12,13). The molecule has 1 aromatic rings. The van der Waals surface area contributed by atoms with Crippen LogP contribution in [0.5, 0.6) is 5.75 Å². The summed E-state index contributed by atoms with van der Waals surface area (Å²) in [5.74, 6) is -0.399. The molecule has 0 bridgehead atoms. The molecule has 78 valence electrons. The molecule has 14 heavy (non-hydrogen) atoms. The number of nitrogen functional groups attached to an aromatic ring is 1. The lowest BCUT2D eigenvalue weighted by molar-refractivity contribution is 0.469. The molecule has 0 aliphatic carbocycles. The third-order valence-corrected chi connectivity index (χ3v) is 2.58. The predicted octanol–water partition coefficient (Wildman–Crippen LogP) is 0.263. The first-order valence-corrected chi connectivity index (χ1v) is 5.08. The maximum atomic E-state index is 10.8. The number of nitrogens with two attached hydrogens (primary N) is 1. The Bertz CT molecular complexity index is 455. The van der Waals surface area contributed by atoms with Crippen LogP contribution in [-0.2, 0) is 10.1 Å². The molecule has 0 saturated heterocycles. The number of anilines is 2. The van der Waals surface area contributed by atoms with Gasteiger partial charge < -0.3 is 16.2 Å². The van der Waals surface area contributed by atoms with Crippen molar-refractivity contribution in [2.75, 3.05) is 18.1 Å². The Morgan fingerprint density at radius 3 is 2.43 bits per heavy atom. The zero-order valence-corrected chi connectivity index (χ0v) is 8.17. The third kappa shape index (κ3) is 1.88. The molecular weight excluding hydrogens is 208 g/mol. The molecule has 6 nitrogen and oxygen atoms in total. The molecule has 0 unspecified atom stereocenters. The Morgan fingerprint density at radius 2 is 2.00 bits per heavy atom. The van der Waals surface area contributed by atoms with Crippen molar-refractivity contribution < 1.29 is 18.1 Å². The van der Waals surface area contributed by atoms with Crippen LogP contribution < -0.4 is 11.1 Å². The minimum Gasteiger partial charge on any atom is -0.506 e. The maximum Gasteiger partial charge on any atom is 0.296 e. The summed E-state index contributed by atoms with van der Waals surface area (Å²) in [6.07, 6.45) is 0. The van der Waals surface area contributed by atoms with Crippen LogP contribution in [0.3, 0.4) is 0 Å². The molecule has 0 aromatic heterocycles. The Kier molecular flexibility index (Phi) is 2.54. The van der Waals surface area contributed by atoms with E-state index in [-0.39, 0.29) is 5.69 Å². The molecule has 1 rings (SSSR count). The van der Waals surface area contributed by atoms with E-state index in [9.17, 15) is 13.5 Å². The second-order valence-electron chi connectivity index (χ2n) is 2.63. The summed E-state index contributed by atoms with van der Waals surface area (Å²) >= 11 is 0. The first kappa shape index (κ1) is 10.6. The molecular formula is C7H10N2O4S. The quantitative estimate of drug-likeness (QED) is 0.322. The second-order valence-corrected chi connectivity index (χ2v) is 4.02. The van der Waals surface area contributed by atoms with Gasteiger partial charge in [0, 0.05) is 18.8 Å².